The van der Waals surface area contributed by atoms with E-state index < -0.39 is 0 Å². The molecule has 0 bridgehead atoms. The second kappa shape index (κ2) is 8.43. The standard InChI is InChI=1S/C23H25N5O3/c1-14-7-6-8-15(9-14)26-21-12-18-17(13-25-21)27-23(24-2)28(18)16-10-19(29-3)22(31-5)20(11-16)30-4/h6-13H,1-5H3,(H,24,27)(H,25,26). The number of aryl methyl sites for hydroxylation is 1. The highest BCUT2D eigenvalue weighted by atomic mass is 16.5. The summed E-state index contributed by atoms with van der Waals surface area (Å²) in [5.41, 5.74) is 4.59. The molecule has 0 saturated carbocycles. The molecule has 0 aliphatic heterocycles. The molecule has 4 rings (SSSR count). The molecule has 2 aromatic carbocycles. The van der Waals surface area contributed by atoms with Gasteiger partial charge in [0.1, 0.15) is 11.3 Å². The van der Waals surface area contributed by atoms with Crippen molar-refractivity contribution in [2.45, 2.75) is 6.92 Å². The number of nitrogens with zero attached hydrogens (tertiary/aromatic N) is 3. The van der Waals surface area contributed by atoms with Crippen molar-refractivity contribution in [2.24, 2.45) is 0 Å². The lowest BCUT2D eigenvalue weighted by Crippen LogP contribution is -2.04. The Morgan fingerprint density at radius 2 is 1.68 bits per heavy atom. The molecule has 0 aliphatic carbocycles. The van der Waals surface area contributed by atoms with Crippen molar-refractivity contribution in [3.05, 3.63) is 54.2 Å². The van der Waals surface area contributed by atoms with Crippen LogP contribution < -0.4 is 24.8 Å². The van der Waals surface area contributed by atoms with E-state index in [1.807, 2.05) is 41.9 Å². The zero-order valence-electron chi connectivity index (χ0n) is 18.2. The van der Waals surface area contributed by atoms with Crippen molar-refractivity contribution in [3.63, 3.8) is 0 Å². The lowest BCUT2D eigenvalue weighted by molar-refractivity contribution is 0.324. The number of imidazole rings is 1. The highest BCUT2D eigenvalue weighted by Gasteiger charge is 2.18. The fraction of sp³-hybridized carbons (Fsp3) is 0.217. The Kier molecular flexibility index (Phi) is 5.53. The van der Waals surface area contributed by atoms with Gasteiger partial charge in [0.05, 0.1) is 38.7 Å². The minimum Gasteiger partial charge on any atom is -0.493 e. The van der Waals surface area contributed by atoms with E-state index in [0.717, 1.165) is 22.4 Å². The maximum absolute atomic E-state index is 5.53. The quantitative estimate of drug-likeness (QED) is 0.455. The van der Waals surface area contributed by atoms with Crippen molar-refractivity contribution < 1.29 is 14.2 Å². The number of methoxy groups -OCH3 is 3. The van der Waals surface area contributed by atoms with E-state index in [1.54, 1.807) is 27.5 Å². The molecule has 8 heteroatoms. The number of ether oxygens (including phenoxy) is 3. The molecule has 0 saturated heterocycles. The van der Waals surface area contributed by atoms with E-state index in [1.165, 1.54) is 5.56 Å². The Bertz CT molecular complexity index is 1210. The summed E-state index contributed by atoms with van der Waals surface area (Å²) in [7, 11) is 6.61. The first kappa shape index (κ1) is 20.3. The molecule has 4 aromatic rings. The van der Waals surface area contributed by atoms with E-state index in [0.29, 0.717) is 29.0 Å². The van der Waals surface area contributed by atoms with Gasteiger partial charge in [-0.15, -0.1) is 0 Å². The molecule has 31 heavy (non-hydrogen) atoms. The predicted molar refractivity (Wildman–Crippen MR) is 123 cm³/mol. The molecule has 0 spiro atoms. The molecule has 160 valence electrons. The average molecular weight is 419 g/mol. The zero-order chi connectivity index (χ0) is 22.0. The highest BCUT2D eigenvalue weighted by molar-refractivity contribution is 5.84. The number of fused-ring (bicyclic) bond motifs is 1. The number of nitrogens with one attached hydrogen (secondary N) is 2. The first-order valence-corrected chi connectivity index (χ1v) is 9.78. The zero-order valence-corrected chi connectivity index (χ0v) is 18.2. The number of hydrogen-bond donors (Lipinski definition) is 2. The Hall–Kier alpha value is -3.94. The summed E-state index contributed by atoms with van der Waals surface area (Å²) >= 11 is 0. The maximum Gasteiger partial charge on any atom is 0.208 e. The third kappa shape index (κ3) is 3.79. The molecule has 0 radical (unpaired) electrons. The minimum absolute atomic E-state index is 0.535. The topological polar surface area (TPSA) is 82.5 Å². The summed E-state index contributed by atoms with van der Waals surface area (Å²) in [5, 5.41) is 6.52. The fourth-order valence-corrected chi connectivity index (χ4v) is 3.55. The van der Waals surface area contributed by atoms with Gasteiger partial charge in [-0.1, -0.05) is 12.1 Å². The summed E-state index contributed by atoms with van der Waals surface area (Å²) < 4.78 is 18.5. The van der Waals surface area contributed by atoms with E-state index in [-0.39, 0.29) is 0 Å². The van der Waals surface area contributed by atoms with Crippen LogP contribution in [0.4, 0.5) is 17.5 Å². The first-order chi connectivity index (χ1) is 15.1. The minimum atomic E-state index is 0.535. The van der Waals surface area contributed by atoms with Gasteiger partial charge in [0.15, 0.2) is 11.5 Å². The summed E-state index contributed by atoms with van der Waals surface area (Å²) in [4.78, 5) is 9.20. The van der Waals surface area contributed by atoms with Crippen molar-refractivity contribution in [1.29, 1.82) is 0 Å². The molecule has 0 unspecified atom stereocenters. The van der Waals surface area contributed by atoms with Crippen LogP contribution in [-0.2, 0) is 0 Å². The van der Waals surface area contributed by atoms with Gasteiger partial charge in [0.25, 0.3) is 0 Å². The second-order valence-electron chi connectivity index (χ2n) is 6.96. The van der Waals surface area contributed by atoms with Gasteiger partial charge in [0.2, 0.25) is 11.7 Å². The lowest BCUT2D eigenvalue weighted by Gasteiger charge is -2.16. The summed E-state index contributed by atoms with van der Waals surface area (Å²) in [5.74, 6) is 3.04. The monoisotopic (exact) mass is 419 g/mol. The molecule has 0 atom stereocenters. The third-order valence-electron chi connectivity index (χ3n) is 4.96. The van der Waals surface area contributed by atoms with Crippen molar-refractivity contribution in [2.75, 3.05) is 39.0 Å². The first-order valence-electron chi connectivity index (χ1n) is 9.78. The van der Waals surface area contributed by atoms with Gasteiger partial charge in [0, 0.05) is 30.9 Å². The molecule has 2 heterocycles. The van der Waals surface area contributed by atoms with E-state index in [2.05, 4.69) is 39.7 Å². The number of benzene rings is 2. The molecule has 0 fully saturated rings. The molecule has 0 amide bonds. The van der Waals surface area contributed by atoms with Gasteiger partial charge < -0.3 is 24.8 Å². The van der Waals surface area contributed by atoms with Gasteiger partial charge in [-0.05, 0) is 24.6 Å². The molecule has 2 N–H and O–H groups in total. The van der Waals surface area contributed by atoms with Crippen LogP contribution in [-0.4, -0.2) is 42.9 Å². The van der Waals surface area contributed by atoms with Crippen LogP contribution in [0.5, 0.6) is 17.2 Å². The summed E-state index contributed by atoms with van der Waals surface area (Å²) in [6, 6.07) is 13.9. The van der Waals surface area contributed by atoms with Gasteiger partial charge in [-0.3, -0.25) is 4.57 Å². The van der Waals surface area contributed by atoms with E-state index >= 15 is 0 Å². The van der Waals surface area contributed by atoms with Crippen LogP contribution >= 0.6 is 0 Å². The van der Waals surface area contributed by atoms with Crippen LogP contribution in [0.25, 0.3) is 16.7 Å². The van der Waals surface area contributed by atoms with Crippen molar-refractivity contribution >= 4 is 28.5 Å². The number of anilines is 3. The molecule has 2 aromatic heterocycles. The largest absolute Gasteiger partial charge is 0.493 e. The van der Waals surface area contributed by atoms with Crippen LogP contribution in [0.3, 0.4) is 0 Å². The Balaban J connectivity index is 1.87. The number of hydrogen-bond acceptors (Lipinski definition) is 7. The van der Waals surface area contributed by atoms with Gasteiger partial charge in [-0.25, -0.2) is 9.97 Å². The number of aromatic nitrogens is 3. The molecular weight excluding hydrogens is 394 g/mol. The smallest absolute Gasteiger partial charge is 0.208 e. The van der Waals surface area contributed by atoms with E-state index in [9.17, 15) is 0 Å². The van der Waals surface area contributed by atoms with Crippen LogP contribution in [0.1, 0.15) is 5.56 Å². The third-order valence-corrected chi connectivity index (χ3v) is 4.96. The van der Waals surface area contributed by atoms with Crippen LogP contribution in [0, 0.1) is 6.92 Å². The SMILES string of the molecule is CNc1nc2cnc(Nc3cccc(C)c3)cc2n1-c1cc(OC)c(OC)c(OC)c1. The molecule has 0 aliphatic rings. The number of rotatable bonds is 7. The average Bonchev–Trinajstić information content (AvgIpc) is 3.16. The highest BCUT2D eigenvalue weighted by Crippen LogP contribution is 2.40. The van der Waals surface area contributed by atoms with Crippen molar-refractivity contribution in [3.8, 4) is 22.9 Å². The van der Waals surface area contributed by atoms with E-state index in [4.69, 9.17) is 14.2 Å². The predicted octanol–water partition coefficient (Wildman–Crippen LogP) is 4.54. The Morgan fingerprint density at radius 3 is 2.29 bits per heavy atom. The van der Waals surface area contributed by atoms with Crippen LogP contribution in [0.15, 0.2) is 48.7 Å². The maximum atomic E-state index is 5.53. The Morgan fingerprint density at radius 1 is 0.935 bits per heavy atom. The number of pyridine rings is 1. The molecular formula is C23H25N5O3. The second-order valence-corrected chi connectivity index (χ2v) is 6.96. The Labute approximate surface area is 180 Å². The molecule has 8 nitrogen and oxygen atoms in total. The summed E-state index contributed by atoms with van der Waals surface area (Å²) in [6.07, 6.45) is 1.75. The normalized spacial score (nSPS) is 10.7. The van der Waals surface area contributed by atoms with Gasteiger partial charge >= 0.3 is 0 Å². The van der Waals surface area contributed by atoms with Crippen LogP contribution in [0.2, 0.25) is 0 Å². The summed E-state index contributed by atoms with van der Waals surface area (Å²) in [6.45, 7) is 2.06. The van der Waals surface area contributed by atoms with Gasteiger partial charge in [-0.2, -0.15) is 0 Å². The lowest BCUT2D eigenvalue weighted by atomic mass is 10.2. The van der Waals surface area contributed by atoms with Crippen molar-refractivity contribution in [1.82, 2.24) is 14.5 Å². The fourth-order valence-electron chi connectivity index (χ4n) is 3.55.